The van der Waals surface area contributed by atoms with Crippen LogP contribution in [0.4, 0.5) is 0 Å². The van der Waals surface area contributed by atoms with Crippen molar-refractivity contribution in [1.29, 1.82) is 0 Å². The molecule has 1 N–H and O–H groups in total. The minimum atomic E-state index is 0.0939. The van der Waals surface area contributed by atoms with Crippen molar-refractivity contribution in [3.63, 3.8) is 0 Å². The van der Waals surface area contributed by atoms with Crippen molar-refractivity contribution in [3.05, 3.63) is 23.8 Å². The van der Waals surface area contributed by atoms with Crippen molar-refractivity contribution in [1.82, 2.24) is 10.2 Å². The zero-order valence-corrected chi connectivity index (χ0v) is 13.1. The van der Waals surface area contributed by atoms with Gasteiger partial charge >= 0.3 is 0 Å². The number of rotatable bonds is 3. The van der Waals surface area contributed by atoms with E-state index in [4.69, 9.17) is 9.47 Å². The maximum Gasteiger partial charge on any atom is 0.254 e. The highest BCUT2D eigenvalue weighted by Gasteiger charge is 2.25. The standard InChI is InChI=1S/C17H24N2O3/c1-18-11-13-4-2-7-19(12-13)17(20)14-5-6-15-16(10-14)22-9-3-8-21-15/h5-6,10,13,18H,2-4,7-9,11-12H2,1H3. The molecular weight excluding hydrogens is 280 g/mol. The van der Waals surface area contributed by atoms with Crippen LogP contribution in [0.15, 0.2) is 18.2 Å². The molecule has 2 aliphatic rings. The lowest BCUT2D eigenvalue weighted by Crippen LogP contribution is -2.42. The Hall–Kier alpha value is -1.75. The van der Waals surface area contributed by atoms with Crippen LogP contribution in [0.25, 0.3) is 0 Å². The summed E-state index contributed by atoms with van der Waals surface area (Å²) in [6, 6.07) is 5.52. The molecule has 1 aromatic carbocycles. The molecule has 2 aliphatic heterocycles. The van der Waals surface area contributed by atoms with E-state index in [1.165, 1.54) is 6.42 Å². The molecule has 0 radical (unpaired) electrons. The largest absolute Gasteiger partial charge is 0.490 e. The maximum absolute atomic E-state index is 12.7. The SMILES string of the molecule is CNCC1CCCN(C(=O)c2ccc3c(c2)OCCCO3)C1. The van der Waals surface area contributed by atoms with Gasteiger partial charge in [0.05, 0.1) is 13.2 Å². The van der Waals surface area contributed by atoms with Crippen molar-refractivity contribution in [3.8, 4) is 11.5 Å². The number of piperidine rings is 1. The normalized spacial score (nSPS) is 21.3. The van der Waals surface area contributed by atoms with Gasteiger partial charge in [-0.2, -0.15) is 0 Å². The highest BCUT2D eigenvalue weighted by Crippen LogP contribution is 2.31. The number of amides is 1. The molecule has 5 nitrogen and oxygen atoms in total. The third-order valence-electron chi connectivity index (χ3n) is 4.29. The highest BCUT2D eigenvalue weighted by molar-refractivity contribution is 5.95. The fourth-order valence-corrected chi connectivity index (χ4v) is 3.18. The Morgan fingerprint density at radius 3 is 2.91 bits per heavy atom. The van der Waals surface area contributed by atoms with Crippen LogP contribution in [0.2, 0.25) is 0 Å². The van der Waals surface area contributed by atoms with Gasteiger partial charge in [-0.1, -0.05) is 0 Å². The number of nitrogens with one attached hydrogen (secondary N) is 1. The molecule has 1 saturated heterocycles. The summed E-state index contributed by atoms with van der Waals surface area (Å²) in [5, 5.41) is 3.21. The predicted molar refractivity (Wildman–Crippen MR) is 84.6 cm³/mol. The highest BCUT2D eigenvalue weighted by atomic mass is 16.5. The Kier molecular flexibility index (Phi) is 4.83. The molecule has 3 rings (SSSR count). The second-order valence-electron chi connectivity index (χ2n) is 6.03. The fraction of sp³-hybridized carbons (Fsp3) is 0.588. The van der Waals surface area contributed by atoms with Crippen LogP contribution in [0.3, 0.4) is 0 Å². The van der Waals surface area contributed by atoms with Crippen molar-refractivity contribution in [2.24, 2.45) is 5.92 Å². The van der Waals surface area contributed by atoms with Gasteiger partial charge < -0.3 is 19.7 Å². The number of fused-ring (bicyclic) bond motifs is 1. The molecular formula is C17H24N2O3. The van der Waals surface area contributed by atoms with E-state index in [1.807, 2.05) is 30.1 Å². The Morgan fingerprint density at radius 1 is 1.27 bits per heavy atom. The first kappa shape index (κ1) is 15.2. The smallest absolute Gasteiger partial charge is 0.254 e. The molecule has 1 unspecified atom stereocenters. The van der Waals surface area contributed by atoms with Gasteiger partial charge in [-0.05, 0) is 50.6 Å². The summed E-state index contributed by atoms with van der Waals surface area (Å²) in [6.07, 6.45) is 3.13. The summed E-state index contributed by atoms with van der Waals surface area (Å²) in [5.74, 6) is 2.06. The van der Waals surface area contributed by atoms with Gasteiger partial charge in [0.25, 0.3) is 5.91 Å². The van der Waals surface area contributed by atoms with Gasteiger partial charge in [0.2, 0.25) is 0 Å². The first-order valence-electron chi connectivity index (χ1n) is 8.11. The number of carbonyl (C=O) groups excluding carboxylic acids is 1. The van der Waals surface area contributed by atoms with Crippen molar-refractivity contribution in [2.75, 3.05) is 39.9 Å². The molecule has 1 fully saturated rings. The molecule has 1 amide bonds. The van der Waals surface area contributed by atoms with E-state index in [0.29, 0.717) is 30.4 Å². The Morgan fingerprint density at radius 2 is 2.09 bits per heavy atom. The maximum atomic E-state index is 12.7. The monoisotopic (exact) mass is 304 g/mol. The number of hydrogen-bond donors (Lipinski definition) is 1. The number of nitrogens with zero attached hydrogens (tertiary/aromatic N) is 1. The summed E-state index contributed by atoms with van der Waals surface area (Å²) in [7, 11) is 1.96. The lowest BCUT2D eigenvalue weighted by atomic mass is 9.97. The van der Waals surface area contributed by atoms with Gasteiger partial charge in [0.1, 0.15) is 0 Å². The van der Waals surface area contributed by atoms with E-state index in [0.717, 1.165) is 38.2 Å². The number of benzene rings is 1. The Labute approximate surface area is 131 Å². The zero-order chi connectivity index (χ0) is 15.4. The van der Waals surface area contributed by atoms with E-state index < -0.39 is 0 Å². The van der Waals surface area contributed by atoms with Crippen molar-refractivity contribution in [2.45, 2.75) is 19.3 Å². The Balaban J connectivity index is 1.73. The zero-order valence-electron chi connectivity index (χ0n) is 13.1. The summed E-state index contributed by atoms with van der Waals surface area (Å²) >= 11 is 0. The van der Waals surface area contributed by atoms with Crippen LogP contribution in [0.1, 0.15) is 29.6 Å². The van der Waals surface area contributed by atoms with Crippen LogP contribution < -0.4 is 14.8 Å². The molecule has 1 atom stereocenters. The van der Waals surface area contributed by atoms with Crippen LogP contribution in [0.5, 0.6) is 11.5 Å². The average Bonchev–Trinajstić information content (AvgIpc) is 2.79. The quantitative estimate of drug-likeness (QED) is 0.927. The number of likely N-dealkylation sites (tertiary alicyclic amines) is 1. The lowest BCUT2D eigenvalue weighted by molar-refractivity contribution is 0.0674. The molecule has 5 heteroatoms. The second-order valence-corrected chi connectivity index (χ2v) is 6.03. The molecule has 0 aromatic heterocycles. The first-order chi connectivity index (χ1) is 10.8. The van der Waals surface area contributed by atoms with Crippen LogP contribution in [-0.4, -0.2) is 50.7 Å². The van der Waals surface area contributed by atoms with Gasteiger partial charge in [-0.3, -0.25) is 4.79 Å². The van der Waals surface area contributed by atoms with Crippen LogP contribution >= 0.6 is 0 Å². The van der Waals surface area contributed by atoms with Crippen LogP contribution in [0, 0.1) is 5.92 Å². The minimum absolute atomic E-state index is 0.0939. The van der Waals surface area contributed by atoms with Crippen molar-refractivity contribution >= 4 is 5.91 Å². The lowest BCUT2D eigenvalue weighted by Gasteiger charge is -2.32. The van der Waals surface area contributed by atoms with E-state index in [9.17, 15) is 4.79 Å². The van der Waals surface area contributed by atoms with Crippen LogP contribution in [-0.2, 0) is 0 Å². The van der Waals surface area contributed by atoms with Gasteiger partial charge in [-0.25, -0.2) is 0 Å². The third-order valence-corrected chi connectivity index (χ3v) is 4.29. The van der Waals surface area contributed by atoms with E-state index in [-0.39, 0.29) is 5.91 Å². The van der Waals surface area contributed by atoms with E-state index >= 15 is 0 Å². The fourth-order valence-electron chi connectivity index (χ4n) is 3.18. The minimum Gasteiger partial charge on any atom is -0.490 e. The number of hydrogen-bond acceptors (Lipinski definition) is 4. The topological polar surface area (TPSA) is 50.8 Å². The van der Waals surface area contributed by atoms with Crippen molar-refractivity contribution < 1.29 is 14.3 Å². The molecule has 120 valence electrons. The summed E-state index contributed by atoms with van der Waals surface area (Å²) < 4.78 is 11.3. The second kappa shape index (κ2) is 7.01. The average molecular weight is 304 g/mol. The van der Waals surface area contributed by atoms with Gasteiger partial charge in [-0.15, -0.1) is 0 Å². The molecule has 0 bridgehead atoms. The summed E-state index contributed by atoms with van der Waals surface area (Å²) in [4.78, 5) is 14.7. The molecule has 0 saturated carbocycles. The Bertz CT molecular complexity index is 531. The molecule has 1 aromatic rings. The molecule has 0 aliphatic carbocycles. The number of carbonyl (C=O) groups is 1. The molecule has 0 spiro atoms. The molecule has 22 heavy (non-hydrogen) atoms. The van der Waals surface area contributed by atoms with E-state index in [1.54, 1.807) is 0 Å². The van der Waals surface area contributed by atoms with Gasteiger partial charge in [0.15, 0.2) is 11.5 Å². The summed E-state index contributed by atoms with van der Waals surface area (Å²) in [5.41, 5.74) is 0.689. The van der Waals surface area contributed by atoms with Gasteiger partial charge in [0, 0.05) is 25.1 Å². The first-order valence-corrected chi connectivity index (χ1v) is 8.11. The third kappa shape index (κ3) is 3.35. The summed E-state index contributed by atoms with van der Waals surface area (Å²) in [6.45, 7) is 3.93. The van der Waals surface area contributed by atoms with E-state index in [2.05, 4.69) is 5.32 Å². The predicted octanol–water partition coefficient (Wildman–Crippen LogP) is 1.92. The number of ether oxygens (including phenoxy) is 2. The molecule has 2 heterocycles.